The Morgan fingerprint density at radius 3 is 2.43 bits per heavy atom. The molecule has 1 aromatic heterocycles. The van der Waals surface area contributed by atoms with Crippen LogP contribution in [0.4, 0.5) is 29.2 Å². The first-order chi connectivity index (χ1) is 10.8. The van der Waals surface area contributed by atoms with Crippen molar-refractivity contribution in [3.63, 3.8) is 0 Å². The Balaban J connectivity index is 2.23. The summed E-state index contributed by atoms with van der Waals surface area (Å²) in [6.07, 6.45) is -4.42. The van der Waals surface area contributed by atoms with Gasteiger partial charge in [-0.3, -0.25) is 0 Å². The minimum absolute atomic E-state index is 0.0306. The highest BCUT2D eigenvalue weighted by Crippen LogP contribution is 2.32. The first-order valence-corrected chi connectivity index (χ1v) is 6.47. The van der Waals surface area contributed by atoms with Crippen molar-refractivity contribution < 1.29 is 27.5 Å². The number of nitrogens with zero attached hydrogens (tertiary/aromatic N) is 1. The van der Waals surface area contributed by atoms with E-state index in [9.17, 15) is 17.7 Å². The summed E-state index contributed by atoms with van der Waals surface area (Å²) in [6, 6.07) is 6.90. The molecule has 10 heteroatoms. The summed E-state index contributed by atoms with van der Waals surface area (Å²) in [4.78, 5) is 3.99. The van der Waals surface area contributed by atoms with Gasteiger partial charge in [-0.15, -0.1) is 0 Å². The van der Waals surface area contributed by atoms with Gasteiger partial charge in [0, 0.05) is 5.56 Å². The summed E-state index contributed by atoms with van der Waals surface area (Å²) in [5, 5.41) is 3.44. The van der Waals surface area contributed by atoms with E-state index in [4.69, 9.17) is 17.3 Å². The molecule has 0 saturated carbocycles. The zero-order valence-corrected chi connectivity index (χ0v) is 12.1. The van der Waals surface area contributed by atoms with Crippen molar-refractivity contribution in [3.05, 3.63) is 35.4 Å². The maximum Gasteiger partial charge on any atom is 0.422 e. The number of rotatable bonds is 5. The van der Waals surface area contributed by atoms with Crippen molar-refractivity contribution in [1.29, 1.82) is 0 Å². The van der Waals surface area contributed by atoms with Crippen LogP contribution >= 0.6 is 11.6 Å². The number of alkyl halides is 3. The number of hydrogen-bond acceptors (Lipinski definition) is 5. The molecule has 124 valence electrons. The Bertz CT molecular complexity index is 680. The van der Waals surface area contributed by atoms with E-state index in [-0.39, 0.29) is 28.0 Å². The average molecular weight is 352 g/mol. The second-order valence-corrected chi connectivity index (χ2v) is 4.77. The van der Waals surface area contributed by atoms with E-state index in [1.54, 1.807) is 0 Å². The normalized spacial score (nSPS) is 11.3. The summed E-state index contributed by atoms with van der Waals surface area (Å²) < 4.78 is 52.7. The van der Waals surface area contributed by atoms with E-state index in [0.717, 1.165) is 0 Å². The Hall–Kier alpha value is -2.26. The summed E-state index contributed by atoms with van der Waals surface area (Å²) >= 11 is 6.01. The number of nitrogens with two attached hydrogens (primary N) is 1. The highest BCUT2D eigenvalue weighted by molar-refractivity contribution is 6.33. The summed E-state index contributed by atoms with van der Waals surface area (Å²) in [7, 11) is 0. The highest BCUT2D eigenvalue weighted by atomic mass is 35.5. The van der Waals surface area contributed by atoms with Crippen molar-refractivity contribution in [2.75, 3.05) is 17.8 Å². The quantitative estimate of drug-likeness (QED) is 0.625. The van der Waals surface area contributed by atoms with E-state index in [0.29, 0.717) is 5.56 Å². The van der Waals surface area contributed by atoms with Crippen LogP contribution in [0.2, 0.25) is 5.02 Å². The van der Waals surface area contributed by atoms with Gasteiger partial charge in [0.25, 0.3) is 0 Å². The molecule has 0 spiro atoms. The fraction of sp³-hybridized carbons (Fsp3) is 0.154. The lowest BCUT2D eigenvalue weighted by Gasteiger charge is -2.11. The third-order valence-corrected chi connectivity index (χ3v) is 2.96. The Morgan fingerprint density at radius 2 is 1.87 bits per heavy atom. The molecule has 3 N–H and O–H groups in total. The number of anilines is 2. The first kappa shape index (κ1) is 17.1. The molecule has 23 heavy (non-hydrogen) atoms. The number of pyridine rings is 1. The van der Waals surface area contributed by atoms with Gasteiger partial charge in [0.15, 0.2) is 12.4 Å². The van der Waals surface area contributed by atoms with Crippen LogP contribution in [0.1, 0.15) is 0 Å². The van der Waals surface area contributed by atoms with E-state index >= 15 is 0 Å². The van der Waals surface area contributed by atoms with Gasteiger partial charge in [-0.1, -0.05) is 16.6 Å². The van der Waals surface area contributed by atoms with Crippen molar-refractivity contribution >= 4 is 23.1 Å². The van der Waals surface area contributed by atoms with Gasteiger partial charge in [0.1, 0.15) is 5.75 Å². The number of nitrogen functional groups attached to an aromatic ring is 1. The molecule has 2 aromatic rings. The number of aromatic nitrogens is 1. The summed E-state index contributed by atoms with van der Waals surface area (Å²) in [5.74, 6) is -0.0626. The molecule has 1 heterocycles. The van der Waals surface area contributed by atoms with Gasteiger partial charge in [-0.05, 0) is 34.9 Å². The van der Waals surface area contributed by atoms with Gasteiger partial charge < -0.3 is 10.5 Å². The topological polar surface area (TPSA) is 69.4 Å². The second kappa shape index (κ2) is 6.88. The van der Waals surface area contributed by atoms with Crippen molar-refractivity contribution in [1.82, 2.24) is 4.98 Å². The van der Waals surface area contributed by atoms with Gasteiger partial charge in [0.05, 0.1) is 16.4 Å². The van der Waals surface area contributed by atoms with Crippen LogP contribution in [0, 0.1) is 0 Å². The fourth-order valence-electron chi connectivity index (χ4n) is 1.70. The SMILES string of the molecule is Nc1cc(Cl)c(-c2ccc(OCC(F)(F)F)cc2)nc1NOF. The van der Waals surface area contributed by atoms with Crippen molar-refractivity contribution in [2.45, 2.75) is 6.18 Å². The number of halogens is 5. The number of hydrogen-bond donors (Lipinski definition) is 2. The van der Waals surface area contributed by atoms with E-state index in [1.165, 1.54) is 30.3 Å². The zero-order chi connectivity index (χ0) is 17.0. The Morgan fingerprint density at radius 1 is 1.22 bits per heavy atom. The molecular formula is C13H10ClF4N3O2. The molecule has 0 unspecified atom stereocenters. The molecule has 0 amide bonds. The van der Waals surface area contributed by atoms with Crippen LogP contribution < -0.4 is 16.0 Å². The predicted octanol–water partition coefficient (Wildman–Crippen LogP) is 4.15. The summed E-state index contributed by atoms with van der Waals surface area (Å²) in [5.41, 5.74) is 8.19. The van der Waals surface area contributed by atoms with Crippen molar-refractivity contribution in [2.24, 2.45) is 0 Å². The van der Waals surface area contributed by atoms with Gasteiger partial charge in [-0.25, -0.2) is 10.5 Å². The minimum Gasteiger partial charge on any atom is -0.484 e. The molecule has 0 bridgehead atoms. The molecule has 5 nitrogen and oxygen atoms in total. The lowest BCUT2D eigenvalue weighted by molar-refractivity contribution is -0.153. The molecule has 0 saturated heterocycles. The molecule has 2 rings (SSSR count). The molecular weight excluding hydrogens is 342 g/mol. The van der Waals surface area contributed by atoms with Crippen LogP contribution in [0.3, 0.4) is 0 Å². The molecule has 1 aromatic carbocycles. The van der Waals surface area contributed by atoms with Crippen molar-refractivity contribution in [3.8, 4) is 17.0 Å². The van der Waals surface area contributed by atoms with Crippen LogP contribution in [-0.2, 0) is 5.04 Å². The van der Waals surface area contributed by atoms with E-state index in [1.807, 2.05) is 5.48 Å². The number of ether oxygens (including phenoxy) is 1. The monoisotopic (exact) mass is 351 g/mol. The Kier molecular flexibility index (Phi) is 5.12. The molecule has 0 radical (unpaired) electrons. The molecule has 0 atom stereocenters. The predicted molar refractivity (Wildman–Crippen MR) is 76.5 cm³/mol. The highest BCUT2D eigenvalue weighted by Gasteiger charge is 2.28. The zero-order valence-electron chi connectivity index (χ0n) is 11.3. The maximum atomic E-state index is 12.1. The fourth-order valence-corrected chi connectivity index (χ4v) is 1.97. The summed E-state index contributed by atoms with van der Waals surface area (Å²) in [6.45, 7) is -1.39. The lowest BCUT2D eigenvalue weighted by atomic mass is 10.1. The third-order valence-electron chi connectivity index (χ3n) is 2.67. The molecule has 0 fully saturated rings. The molecule has 0 aliphatic carbocycles. The van der Waals surface area contributed by atoms with Crippen LogP contribution in [0.15, 0.2) is 30.3 Å². The molecule has 0 aliphatic rings. The third kappa shape index (κ3) is 4.60. The van der Waals surface area contributed by atoms with E-state index in [2.05, 4.69) is 14.8 Å². The standard InChI is InChI=1S/C13H10ClF4N3O2/c14-9-5-10(19)12(21-23-18)20-11(9)7-1-3-8(4-2-7)22-6-13(15,16)17/h1-5H,6,19H2,(H,20,21). The molecule has 0 aliphatic heterocycles. The average Bonchev–Trinajstić information content (AvgIpc) is 2.48. The second-order valence-electron chi connectivity index (χ2n) is 4.36. The number of nitrogens with one attached hydrogen (secondary N) is 1. The van der Waals surface area contributed by atoms with Gasteiger partial charge >= 0.3 is 6.18 Å². The smallest absolute Gasteiger partial charge is 0.422 e. The Labute approximate surface area is 132 Å². The minimum atomic E-state index is -4.42. The largest absolute Gasteiger partial charge is 0.484 e. The van der Waals surface area contributed by atoms with Crippen LogP contribution in [0.5, 0.6) is 5.75 Å². The first-order valence-electron chi connectivity index (χ1n) is 6.10. The lowest BCUT2D eigenvalue weighted by Crippen LogP contribution is -2.19. The maximum absolute atomic E-state index is 12.1. The van der Waals surface area contributed by atoms with Crippen LogP contribution in [-0.4, -0.2) is 17.8 Å². The van der Waals surface area contributed by atoms with Crippen LogP contribution in [0.25, 0.3) is 11.3 Å². The van der Waals surface area contributed by atoms with Gasteiger partial charge in [-0.2, -0.15) is 13.2 Å². The van der Waals surface area contributed by atoms with E-state index < -0.39 is 12.8 Å². The number of benzene rings is 1. The van der Waals surface area contributed by atoms with Gasteiger partial charge in [0.2, 0.25) is 0 Å².